The molecule has 0 spiro atoms. The van der Waals surface area contributed by atoms with E-state index in [0.29, 0.717) is 0 Å². The summed E-state index contributed by atoms with van der Waals surface area (Å²) in [5.41, 5.74) is 9.09. The Balaban J connectivity index is 2.20. The third-order valence-electron chi connectivity index (χ3n) is 2.54. The smallest absolute Gasteiger partial charge is 0.0951 e. The topological polar surface area (TPSA) is 56.7 Å². The van der Waals surface area contributed by atoms with Gasteiger partial charge in [0.25, 0.3) is 0 Å². The Hall–Kier alpha value is -1.68. The third kappa shape index (κ3) is 2.28. The molecule has 0 aliphatic carbocycles. The second-order valence-corrected chi connectivity index (χ2v) is 4.04. The Morgan fingerprint density at radius 2 is 2.19 bits per heavy atom. The van der Waals surface area contributed by atoms with Crippen molar-refractivity contribution in [3.8, 4) is 0 Å². The van der Waals surface area contributed by atoms with Crippen molar-refractivity contribution in [2.75, 3.05) is 0 Å². The van der Waals surface area contributed by atoms with Crippen LogP contribution in [0.4, 0.5) is 0 Å². The number of imidazole rings is 1. The number of rotatable bonds is 3. The zero-order valence-corrected chi connectivity index (χ0v) is 9.59. The first-order valence-corrected chi connectivity index (χ1v) is 5.34. The molecule has 0 saturated heterocycles. The molecule has 0 fully saturated rings. The van der Waals surface area contributed by atoms with Crippen molar-refractivity contribution < 1.29 is 0 Å². The predicted octanol–water partition coefficient (Wildman–Crippen LogP) is 1.65. The lowest BCUT2D eigenvalue weighted by molar-refractivity contribution is 0.673. The van der Waals surface area contributed by atoms with E-state index < -0.39 is 0 Å². The Kier molecular flexibility index (Phi) is 3.01. The highest BCUT2D eigenvalue weighted by Crippen LogP contribution is 2.11. The maximum Gasteiger partial charge on any atom is 0.0951 e. The molecule has 0 radical (unpaired) electrons. The van der Waals surface area contributed by atoms with E-state index >= 15 is 0 Å². The van der Waals surface area contributed by atoms with E-state index in [1.54, 1.807) is 6.33 Å². The molecule has 2 aromatic heterocycles. The van der Waals surface area contributed by atoms with Crippen LogP contribution in [0.3, 0.4) is 0 Å². The summed E-state index contributed by atoms with van der Waals surface area (Å²) in [6.45, 7) is 4.71. The first-order chi connectivity index (χ1) is 7.66. The average molecular weight is 216 g/mol. The maximum atomic E-state index is 5.86. The van der Waals surface area contributed by atoms with E-state index in [-0.39, 0.29) is 6.04 Å². The Morgan fingerprint density at radius 3 is 2.81 bits per heavy atom. The first kappa shape index (κ1) is 10.8. The van der Waals surface area contributed by atoms with Gasteiger partial charge in [0, 0.05) is 24.1 Å². The molecule has 16 heavy (non-hydrogen) atoms. The summed E-state index contributed by atoms with van der Waals surface area (Å²) in [7, 11) is 0. The van der Waals surface area contributed by atoms with E-state index in [4.69, 9.17) is 5.73 Å². The van der Waals surface area contributed by atoms with E-state index in [1.807, 2.05) is 32.3 Å². The molecule has 4 nitrogen and oxygen atoms in total. The molecule has 2 aromatic rings. The molecule has 0 amide bonds. The number of nitrogens with zero attached hydrogens (tertiary/aromatic N) is 3. The largest absolute Gasteiger partial charge is 0.329 e. The van der Waals surface area contributed by atoms with Gasteiger partial charge in [-0.1, -0.05) is 6.07 Å². The molecular formula is C12H16N4. The van der Waals surface area contributed by atoms with Crippen molar-refractivity contribution in [1.29, 1.82) is 0 Å². The van der Waals surface area contributed by atoms with Crippen LogP contribution in [0.5, 0.6) is 0 Å². The van der Waals surface area contributed by atoms with Crippen LogP contribution in [-0.4, -0.2) is 14.5 Å². The van der Waals surface area contributed by atoms with Crippen LogP contribution < -0.4 is 5.73 Å². The Labute approximate surface area is 95.1 Å². The Bertz CT molecular complexity index is 456. The number of pyridine rings is 1. The minimum atomic E-state index is 0.000840. The van der Waals surface area contributed by atoms with Gasteiger partial charge < -0.3 is 10.3 Å². The van der Waals surface area contributed by atoms with Crippen LogP contribution in [0.2, 0.25) is 0 Å². The molecule has 2 heterocycles. The molecule has 1 atom stereocenters. The molecule has 0 bridgehead atoms. The van der Waals surface area contributed by atoms with Gasteiger partial charge in [-0.05, 0) is 25.5 Å². The van der Waals surface area contributed by atoms with Gasteiger partial charge in [-0.25, -0.2) is 4.98 Å². The molecule has 2 rings (SSSR count). The lowest BCUT2D eigenvalue weighted by Crippen LogP contribution is -2.12. The molecule has 0 aliphatic rings. The van der Waals surface area contributed by atoms with Crippen molar-refractivity contribution in [2.24, 2.45) is 5.73 Å². The fourth-order valence-electron chi connectivity index (χ4n) is 1.63. The van der Waals surface area contributed by atoms with Crippen LogP contribution in [0.25, 0.3) is 0 Å². The van der Waals surface area contributed by atoms with E-state index in [2.05, 4.69) is 20.6 Å². The zero-order valence-electron chi connectivity index (χ0n) is 9.59. The van der Waals surface area contributed by atoms with Crippen LogP contribution in [0, 0.1) is 6.92 Å². The highest BCUT2D eigenvalue weighted by molar-refractivity contribution is 5.15. The van der Waals surface area contributed by atoms with Crippen LogP contribution in [0.15, 0.2) is 30.9 Å². The van der Waals surface area contributed by atoms with Crippen molar-refractivity contribution in [3.05, 3.63) is 47.8 Å². The van der Waals surface area contributed by atoms with Crippen molar-refractivity contribution in [1.82, 2.24) is 14.5 Å². The summed E-state index contributed by atoms with van der Waals surface area (Å²) >= 11 is 0. The van der Waals surface area contributed by atoms with Gasteiger partial charge in [0.1, 0.15) is 0 Å². The molecular weight excluding hydrogens is 200 g/mol. The van der Waals surface area contributed by atoms with Crippen molar-refractivity contribution in [3.63, 3.8) is 0 Å². The summed E-state index contributed by atoms with van der Waals surface area (Å²) in [6, 6.07) is 4.09. The minimum absolute atomic E-state index is 0.000840. The zero-order chi connectivity index (χ0) is 11.5. The quantitative estimate of drug-likeness (QED) is 0.848. The normalized spacial score (nSPS) is 12.7. The third-order valence-corrected chi connectivity index (χ3v) is 2.54. The van der Waals surface area contributed by atoms with Crippen molar-refractivity contribution >= 4 is 0 Å². The Morgan fingerprint density at radius 1 is 1.38 bits per heavy atom. The van der Waals surface area contributed by atoms with Gasteiger partial charge in [-0.3, -0.25) is 4.98 Å². The number of aromatic nitrogens is 3. The standard InChI is InChI=1S/C12H16N4/c1-9-3-4-11(5-15-9)7-16-8-14-6-12(16)10(2)13/h3-6,8,10H,7,13H2,1-2H3/t10-/m1/s1. The van der Waals surface area contributed by atoms with Gasteiger partial charge in [-0.15, -0.1) is 0 Å². The lowest BCUT2D eigenvalue weighted by atomic mass is 10.2. The number of hydrogen-bond acceptors (Lipinski definition) is 3. The number of hydrogen-bond donors (Lipinski definition) is 1. The molecule has 0 unspecified atom stereocenters. The molecule has 0 saturated carbocycles. The molecule has 2 N–H and O–H groups in total. The molecule has 0 aromatic carbocycles. The summed E-state index contributed by atoms with van der Waals surface area (Å²) in [6.07, 6.45) is 5.51. The maximum absolute atomic E-state index is 5.86. The summed E-state index contributed by atoms with van der Waals surface area (Å²) in [5.74, 6) is 0. The number of aryl methyl sites for hydroxylation is 1. The molecule has 4 heteroatoms. The van der Waals surface area contributed by atoms with Gasteiger partial charge >= 0.3 is 0 Å². The van der Waals surface area contributed by atoms with E-state index in [1.165, 1.54) is 0 Å². The predicted molar refractivity (Wildman–Crippen MR) is 62.9 cm³/mol. The molecule has 0 aliphatic heterocycles. The summed E-state index contributed by atoms with van der Waals surface area (Å²) < 4.78 is 2.05. The molecule has 84 valence electrons. The SMILES string of the molecule is Cc1ccc(Cn2cncc2[C@@H](C)N)cn1. The van der Waals surface area contributed by atoms with Crippen LogP contribution in [0.1, 0.15) is 29.9 Å². The fraction of sp³-hybridized carbons (Fsp3) is 0.333. The van der Waals surface area contributed by atoms with E-state index in [9.17, 15) is 0 Å². The van der Waals surface area contributed by atoms with Crippen molar-refractivity contribution in [2.45, 2.75) is 26.4 Å². The van der Waals surface area contributed by atoms with Gasteiger partial charge in [0.05, 0.1) is 18.6 Å². The summed E-state index contributed by atoms with van der Waals surface area (Å²) in [4.78, 5) is 8.39. The first-order valence-electron chi connectivity index (χ1n) is 5.34. The monoisotopic (exact) mass is 216 g/mol. The lowest BCUT2D eigenvalue weighted by Gasteiger charge is -2.10. The number of nitrogens with two attached hydrogens (primary N) is 1. The highest BCUT2D eigenvalue weighted by atomic mass is 15.1. The highest BCUT2D eigenvalue weighted by Gasteiger charge is 2.06. The fourth-order valence-corrected chi connectivity index (χ4v) is 1.63. The second-order valence-electron chi connectivity index (χ2n) is 4.04. The average Bonchev–Trinajstić information content (AvgIpc) is 2.69. The van der Waals surface area contributed by atoms with Gasteiger partial charge in [0.2, 0.25) is 0 Å². The van der Waals surface area contributed by atoms with Gasteiger partial charge in [0.15, 0.2) is 0 Å². The van der Waals surface area contributed by atoms with Crippen LogP contribution in [-0.2, 0) is 6.54 Å². The van der Waals surface area contributed by atoms with Crippen LogP contribution >= 0.6 is 0 Å². The second kappa shape index (κ2) is 4.45. The van der Waals surface area contributed by atoms with Gasteiger partial charge in [-0.2, -0.15) is 0 Å². The van der Waals surface area contributed by atoms with E-state index in [0.717, 1.165) is 23.5 Å². The minimum Gasteiger partial charge on any atom is -0.329 e. The summed E-state index contributed by atoms with van der Waals surface area (Å²) in [5, 5.41) is 0.